The number of alkyl halides is 2. The van der Waals surface area contributed by atoms with Crippen molar-refractivity contribution >= 4 is 33.8 Å². The number of halogens is 3. The first-order valence-corrected chi connectivity index (χ1v) is 9.50. The lowest BCUT2D eigenvalue weighted by atomic mass is 9.90. The number of rotatable bonds is 4. The number of pyridine rings is 1. The van der Waals surface area contributed by atoms with Gasteiger partial charge in [0.25, 0.3) is 5.92 Å². The highest BCUT2D eigenvalue weighted by Gasteiger charge is 2.32. The van der Waals surface area contributed by atoms with Crippen LogP contribution in [0.15, 0.2) is 48.7 Å². The van der Waals surface area contributed by atoms with Crippen LogP contribution in [0.5, 0.6) is 0 Å². The Kier molecular flexibility index (Phi) is 4.97. The lowest BCUT2D eigenvalue weighted by Crippen LogP contribution is -2.18. The predicted octanol–water partition coefficient (Wildman–Crippen LogP) is 6.33. The molecule has 1 heterocycles. The minimum atomic E-state index is -2.75. The van der Waals surface area contributed by atoms with E-state index in [0.717, 1.165) is 5.56 Å². The maximum Gasteiger partial charge on any atom is 0.337 e. The summed E-state index contributed by atoms with van der Waals surface area (Å²) in [5.41, 5.74) is 3.35. The van der Waals surface area contributed by atoms with Crippen molar-refractivity contribution in [1.29, 1.82) is 0 Å². The van der Waals surface area contributed by atoms with Crippen LogP contribution in [0.3, 0.4) is 0 Å². The molecule has 0 unspecified atom stereocenters. The molecule has 0 fully saturated rings. The molecule has 1 aliphatic rings. The van der Waals surface area contributed by atoms with E-state index in [9.17, 15) is 23.1 Å². The first kappa shape index (κ1) is 19.9. The monoisotopic (exact) mass is 412 g/mol. The maximum atomic E-state index is 14.0. The third-order valence-corrected chi connectivity index (χ3v) is 5.25. The van der Waals surface area contributed by atoms with Crippen molar-refractivity contribution in [3.8, 4) is 0 Å². The number of hydrogen-bond acceptors (Lipinski definition) is 3. The summed E-state index contributed by atoms with van der Waals surface area (Å²) in [6.07, 6.45) is 2.51. The Morgan fingerprint density at radius 1 is 1.20 bits per heavy atom. The normalized spacial score (nSPS) is 15.7. The molecule has 1 aliphatic carbocycles. The molecular weight excluding hydrogens is 393 g/mol. The standard InChI is InChI=1S/C23H19F3N2O2/c1-13-2-4-20(17(10-13)22(29)30)28-21-16-11-15(24)3-5-19(16)27-12-18(21)14-6-8-23(25,26)9-7-14/h2-6,10-12H,7-9H2,1H3,(H,27,28)(H,29,30). The van der Waals surface area contributed by atoms with Crippen LogP contribution in [0.2, 0.25) is 0 Å². The number of benzene rings is 2. The van der Waals surface area contributed by atoms with E-state index in [1.165, 1.54) is 30.3 Å². The molecule has 0 bridgehead atoms. The molecule has 154 valence electrons. The summed E-state index contributed by atoms with van der Waals surface area (Å²) in [6, 6.07) is 9.05. The van der Waals surface area contributed by atoms with Crippen LogP contribution >= 0.6 is 0 Å². The van der Waals surface area contributed by atoms with Crippen LogP contribution in [-0.4, -0.2) is 22.0 Å². The van der Waals surface area contributed by atoms with Gasteiger partial charge in [0.1, 0.15) is 5.82 Å². The molecule has 0 spiro atoms. The SMILES string of the molecule is Cc1ccc(Nc2c(C3=CCC(F)(F)CC3)cnc3ccc(F)cc23)c(C(=O)O)c1. The van der Waals surface area contributed by atoms with Gasteiger partial charge in [-0.25, -0.2) is 18.0 Å². The molecule has 0 amide bonds. The summed E-state index contributed by atoms with van der Waals surface area (Å²) in [7, 11) is 0. The predicted molar refractivity (Wildman–Crippen MR) is 110 cm³/mol. The molecular formula is C23H19F3N2O2. The number of fused-ring (bicyclic) bond motifs is 1. The quantitative estimate of drug-likeness (QED) is 0.526. The summed E-state index contributed by atoms with van der Waals surface area (Å²) >= 11 is 0. The summed E-state index contributed by atoms with van der Waals surface area (Å²) in [5.74, 6) is -4.33. The fourth-order valence-corrected chi connectivity index (χ4v) is 3.66. The molecule has 0 atom stereocenters. The van der Waals surface area contributed by atoms with E-state index in [-0.39, 0.29) is 24.8 Å². The van der Waals surface area contributed by atoms with Crippen LogP contribution in [0.1, 0.15) is 40.7 Å². The van der Waals surface area contributed by atoms with Crippen LogP contribution in [-0.2, 0) is 0 Å². The van der Waals surface area contributed by atoms with Gasteiger partial charge in [-0.2, -0.15) is 0 Å². The number of carboxylic acids is 1. The molecule has 1 aromatic heterocycles. The molecule has 4 rings (SSSR count). The molecule has 4 nitrogen and oxygen atoms in total. The zero-order chi connectivity index (χ0) is 21.5. The number of carbonyl (C=O) groups is 1. The Morgan fingerprint density at radius 2 is 2.00 bits per heavy atom. The number of aromatic carboxylic acids is 1. The minimum Gasteiger partial charge on any atom is -0.478 e. The van der Waals surface area contributed by atoms with Crippen LogP contribution in [0, 0.1) is 12.7 Å². The van der Waals surface area contributed by atoms with Crippen molar-refractivity contribution in [2.75, 3.05) is 5.32 Å². The van der Waals surface area contributed by atoms with Crippen LogP contribution in [0.4, 0.5) is 24.5 Å². The van der Waals surface area contributed by atoms with Gasteiger partial charge in [0, 0.05) is 30.0 Å². The van der Waals surface area contributed by atoms with E-state index in [1.807, 2.05) is 0 Å². The van der Waals surface area contributed by atoms with Crippen molar-refractivity contribution in [2.24, 2.45) is 0 Å². The van der Waals surface area contributed by atoms with E-state index in [2.05, 4.69) is 10.3 Å². The Hall–Kier alpha value is -3.35. The summed E-state index contributed by atoms with van der Waals surface area (Å²) in [6.45, 7) is 1.78. The average Bonchev–Trinajstić information content (AvgIpc) is 2.69. The number of hydrogen-bond donors (Lipinski definition) is 2. The number of allylic oxidation sites excluding steroid dienone is 2. The number of nitrogens with zero attached hydrogens (tertiary/aromatic N) is 1. The summed E-state index contributed by atoms with van der Waals surface area (Å²) in [5, 5.41) is 13.2. The average molecular weight is 412 g/mol. The molecule has 30 heavy (non-hydrogen) atoms. The van der Waals surface area contributed by atoms with Gasteiger partial charge < -0.3 is 10.4 Å². The molecule has 3 aromatic rings. The zero-order valence-corrected chi connectivity index (χ0v) is 16.2. The second-order valence-electron chi connectivity index (χ2n) is 7.48. The van der Waals surface area contributed by atoms with E-state index in [1.54, 1.807) is 25.3 Å². The molecule has 2 aromatic carbocycles. The fraction of sp³-hybridized carbons (Fsp3) is 0.217. The van der Waals surface area contributed by atoms with Crippen molar-refractivity contribution in [2.45, 2.75) is 32.1 Å². The van der Waals surface area contributed by atoms with E-state index >= 15 is 0 Å². The molecule has 0 aliphatic heterocycles. The highest BCUT2D eigenvalue weighted by molar-refractivity contribution is 6.02. The number of aromatic nitrogens is 1. The molecule has 7 heteroatoms. The van der Waals surface area contributed by atoms with Gasteiger partial charge in [-0.15, -0.1) is 0 Å². The van der Waals surface area contributed by atoms with Gasteiger partial charge in [0.2, 0.25) is 0 Å². The van der Waals surface area contributed by atoms with Gasteiger partial charge in [0.15, 0.2) is 0 Å². The fourth-order valence-electron chi connectivity index (χ4n) is 3.66. The zero-order valence-electron chi connectivity index (χ0n) is 16.2. The number of aryl methyl sites for hydroxylation is 1. The van der Waals surface area contributed by atoms with Crippen molar-refractivity contribution in [3.05, 3.63) is 71.2 Å². The molecule has 0 saturated heterocycles. The van der Waals surface area contributed by atoms with Crippen molar-refractivity contribution in [1.82, 2.24) is 4.98 Å². The third-order valence-electron chi connectivity index (χ3n) is 5.25. The van der Waals surface area contributed by atoms with Crippen LogP contribution < -0.4 is 5.32 Å². The Balaban J connectivity index is 1.90. The second kappa shape index (κ2) is 7.48. The van der Waals surface area contributed by atoms with Gasteiger partial charge >= 0.3 is 5.97 Å². The first-order valence-electron chi connectivity index (χ1n) is 9.50. The number of nitrogens with one attached hydrogen (secondary N) is 1. The van der Waals surface area contributed by atoms with Crippen LogP contribution in [0.25, 0.3) is 16.5 Å². The number of anilines is 2. The highest BCUT2D eigenvalue weighted by Crippen LogP contribution is 2.41. The van der Waals surface area contributed by atoms with Crippen molar-refractivity contribution < 1.29 is 23.1 Å². The largest absolute Gasteiger partial charge is 0.478 e. The lowest BCUT2D eigenvalue weighted by Gasteiger charge is -2.24. The highest BCUT2D eigenvalue weighted by atomic mass is 19.3. The minimum absolute atomic E-state index is 0.0615. The Bertz CT molecular complexity index is 1190. The molecule has 2 N–H and O–H groups in total. The van der Waals surface area contributed by atoms with Gasteiger partial charge in [0.05, 0.1) is 22.5 Å². The second-order valence-corrected chi connectivity index (χ2v) is 7.48. The van der Waals surface area contributed by atoms with Gasteiger partial charge in [-0.05, 0) is 49.2 Å². The molecule has 0 saturated carbocycles. The van der Waals surface area contributed by atoms with Gasteiger partial charge in [-0.1, -0.05) is 17.7 Å². The third kappa shape index (κ3) is 3.87. The van der Waals surface area contributed by atoms with Crippen molar-refractivity contribution in [3.63, 3.8) is 0 Å². The Labute approximate surface area is 171 Å². The van der Waals surface area contributed by atoms with E-state index in [4.69, 9.17) is 0 Å². The summed E-state index contributed by atoms with van der Waals surface area (Å²) < 4.78 is 41.3. The topological polar surface area (TPSA) is 62.2 Å². The van der Waals surface area contributed by atoms with E-state index < -0.39 is 17.7 Å². The number of carboxylic acid groups (broad SMARTS) is 1. The first-order chi connectivity index (χ1) is 14.2. The van der Waals surface area contributed by atoms with Gasteiger partial charge in [-0.3, -0.25) is 4.98 Å². The maximum absolute atomic E-state index is 14.0. The lowest BCUT2D eigenvalue weighted by molar-refractivity contribution is -0.00603. The van der Waals surface area contributed by atoms with E-state index in [0.29, 0.717) is 33.4 Å². The smallest absolute Gasteiger partial charge is 0.337 e. The summed E-state index contributed by atoms with van der Waals surface area (Å²) in [4.78, 5) is 16.1. The Morgan fingerprint density at radius 3 is 2.70 bits per heavy atom. The molecule has 0 radical (unpaired) electrons.